The van der Waals surface area contributed by atoms with Crippen LogP contribution in [0, 0.1) is 5.92 Å². The highest BCUT2D eigenvalue weighted by atomic mass is 32.2. The van der Waals surface area contributed by atoms with Crippen molar-refractivity contribution < 1.29 is 9.53 Å². The molecular formula is C15H29NO2S. The van der Waals surface area contributed by atoms with Gasteiger partial charge < -0.3 is 10.1 Å². The number of nitrogens with one attached hydrogen (secondary N) is 1. The molecule has 0 spiro atoms. The molecule has 0 saturated heterocycles. The van der Waals surface area contributed by atoms with Gasteiger partial charge in [0.1, 0.15) is 5.54 Å². The van der Waals surface area contributed by atoms with Gasteiger partial charge in [0, 0.05) is 10.5 Å². The average Bonchev–Trinajstić information content (AvgIpc) is 2.74. The molecule has 1 aliphatic rings. The Hall–Kier alpha value is -0.220. The third-order valence-corrected chi connectivity index (χ3v) is 5.76. The van der Waals surface area contributed by atoms with Crippen molar-refractivity contribution in [2.45, 2.75) is 69.9 Å². The standard InChI is InChI=1S/C15H29NO2S/c1-6-16-15(14(17)18-7-2)9-8-13(10-15)19-12(5)11(3)4/h11-13,16H,6-10H2,1-5H3. The van der Waals surface area contributed by atoms with Crippen LogP contribution in [0.3, 0.4) is 0 Å². The molecule has 0 aliphatic heterocycles. The minimum atomic E-state index is -0.431. The van der Waals surface area contributed by atoms with Gasteiger partial charge in [-0.3, -0.25) is 4.79 Å². The Morgan fingerprint density at radius 2 is 2.11 bits per heavy atom. The number of carbonyl (C=O) groups is 1. The van der Waals surface area contributed by atoms with E-state index in [0.29, 0.717) is 23.0 Å². The van der Waals surface area contributed by atoms with Gasteiger partial charge in [-0.05, 0) is 38.6 Å². The molecule has 19 heavy (non-hydrogen) atoms. The molecular weight excluding hydrogens is 258 g/mol. The van der Waals surface area contributed by atoms with Crippen molar-refractivity contribution in [3.05, 3.63) is 0 Å². The number of likely N-dealkylation sites (N-methyl/N-ethyl adjacent to an activating group) is 1. The van der Waals surface area contributed by atoms with Crippen LogP contribution < -0.4 is 5.32 Å². The maximum absolute atomic E-state index is 12.2. The summed E-state index contributed by atoms with van der Waals surface area (Å²) < 4.78 is 5.27. The highest BCUT2D eigenvalue weighted by Gasteiger charge is 2.46. The number of carbonyl (C=O) groups excluding carboxylic acids is 1. The van der Waals surface area contributed by atoms with Crippen molar-refractivity contribution in [1.29, 1.82) is 0 Å². The Balaban J connectivity index is 2.64. The zero-order chi connectivity index (χ0) is 14.5. The van der Waals surface area contributed by atoms with Gasteiger partial charge in [-0.15, -0.1) is 0 Å². The van der Waals surface area contributed by atoms with Crippen LogP contribution in [-0.4, -0.2) is 35.2 Å². The molecule has 1 aliphatic carbocycles. The summed E-state index contributed by atoms with van der Waals surface area (Å²) in [7, 11) is 0. The van der Waals surface area contributed by atoms with Gasteiger partial charge in [0.25, 0.3) is 0 Å². The van der Waals surface area contributed by atoms with E-state index >= 15 is 0 Å². The number of hydrogen-bond donors (Lipinski definition) is 1. The molecule has 3 atom stereocenters. The second kappa shape index (κ2) is 7.53. The summed E-state index contributed by atoms with van der Waals surface area (Å²) in [6, 6.07) is 0. The lowest BCUT2D eigenvalue weighted by Crippen LogP contribution is -2.51. The van der Waals surface area contributed by atoms with E-state index in [1.165, 1.54) is 0 Å². The predicted octanol–water partition coefficient (Wildman–Crippen LogP) is 3.23. The fraction of sp³-hybridized carbons (Fsp3) is 0.933. The van der Waals surface area contributed by atoms with Crippen LogP contribution in [0.5, 0.6) is 0 Å². The largest absolute Gasteiger partial charge is 0.465 e. The van der Waals surface area contributed by atoms with Crippen LogP contribution in [0.4, 0.5) is 0 Å². The Bertz CT molecular complexity index is 296. The highest BCUT2D eigenvalue weighted by Crippen LogP contribution is 2.40. The van der Waals surface area contributed by atoms with Crippen LogP contribution in [0.25, 0.3) is 0 Å². The average molecular weight is 287 g/mol. The van der Waals surface area contributed by atoms with Gasteiger partial charge in [-0.1, -0.05) is 27.7 Å². The van der Waals surface area contributed by atoms with E-state index in [0.717, 1.165) is 25.8 Å². The summed E-state index contributed by atoms with van der Waals surface area (Å²) in [4.78, 5) is 12.2. The summed E-state index contributed by atoms with van der Waals surface area (Å²) in [6.45, 7) is 12.0. The minimum absolute atomic E-state index is 0.0582. The maximum Gasteiger partial charge on any atom is 0.326 e. The van der Waals surface area contributed by atoms with E-state index in [2.05, 4.69) is 33.0 Å². The third-order valence-electron chi connectivity index (χ3n) is 4.00. The molecule has 0 aromatic rings. The van der Waals surface area contributed by atoms with Crippen molar-refractivity contribution in [3.8, 4) is 0 Å². The maximum atomic E-state index is 12.2. The van der Waals surface area contributed by atoms with Gasteiger partial charge in [-0.2, -0.15) is 11.8 Å². The lowest BCUT2D eigenvalue weighted by molar-refractivity contribution is -0.151. The first-order valence-corrected chi connectivity index (χ1v) is 8.47. The Morgan fingerprint density at radius 1 is 1.42 bits per heavy atom. The first-order valence-electron chi connectivity index (χ1n) is 7.53. The van der Waals surface area contributed by atoms with Crippen LogP contribution in [-0.2, 0) is 9.53 Å². The van der Waals surface area contributed by atoms with E-state index in [1.54, 1.807) is 0 Å². The number of rotatable bonds is 7. The van der Waals surface area contributed by atoms with E-state index in [-0.39, 0.29) is 5.97 Å². The van der Waals surface area contributed by atoms with Crippen LogP contribution in [0.15, 0.2) is 0 Å². The van der Waals surface area contributed by atoms with Gasteiger partial charge in [-0.25, -0.2) is 0 Å². The Kier molecular flexibility index (Phi) is 6.67. The van der Waals surface area contributed by atoms with E-state index in [1.807, 2.05) is 18.7 Å². The smallest absolute Gasteiger partial charge is 0.326 e. The van der Waals surface area contributed by atoms with Gasteiger partial charge in [0.15, 0.2) is 0 Å². The molecule has 0 radical (unpaired) electrons. The van der Waals surface area contributed by atoms with E-state index in [4.69, 9.17) is 4.74 Å². The van der Waals surface area contributed by atoms with Crippen molar-refractivity contribution in [3.63, 3.8) is 0 Å². The lowest BCUT2D eigenvalue weighted by atomic mass is 9.98. The highest BCUT2D eigenvalue weighted by molar-refractivity contribution is 8.00. The van der Waals surface area contributed by atoms with E-state index in [9.17, 15) is 4.79 Å². The molecule has 1 fully saturated rings. The second-order valence-electron chi connectivity index (χ2n) is 5.78. The summed E-state index contributed by atoms with van der Waals surface area (Å²) in [6.07, 6.45) is 2.91. The molecule has 1 saturated carbocycles. The van der Waals surface area contributed by atoms with Crippen molar-refractivity contribution in [1.82, 2.24) is 5.32 Å². The number of esters is 1. The Morgan fingerprint density at radius 3 is 2.63 bits per heavy atom. The first-order chi connectivity index (χ1) is 8.95. The SMILES string of the molecule is CCNC1(C(=O)OCC)CCC(SC(C)C(C)C)C1. The van der Waals surface area contributed by atoms with Crippen LogP contribution in [0.2, 0.25) is 0 Å². The molecule has 1 N–H and O–H groups in total. The van der Waals surface area contributed by atoms with Crippen LogP contribution in [0.1, 0.15) is 53.9 Å². The molecule has 112 valence electrons. The minimum Gasteiger partial charge on any atom is -0.465 e. The normalized spacial score (nSPS) is 28.6. The topological polar surface area (TPSA) is 38.3 Å². The Labute approximate surface area is 122 Å². The molecule has 0 aromatic carbocycles. The van der Waals surface area contributed by atoms with Crippen molar-refractivity contribution in [2.24, 2.45) is 5.92 Å². The predicted molar refractivity (Wildman–Crippen MR) is 82.6 cm³/mol. The third kappa shape index (κ3) is 4.38. The molecule has 0 amide bonds. The van der Waals surface area contributed by atoms with Crippen molar-refractivity contribution >= 4 is 17.7 Å². The van der Waals surface area contributed by atoms with E-state index < -0.39 is 5.54 Å². The number of hydrogen-bond acceptors (Lipinski definition) is 4. The zero-order valence-corrected chi connectivity index (χ0v) is 13.8. The van der Waals surface area contributed by atoms with Gasteiger partial charge in [0.2, 0.25) is 0 Å². The molecule has 1 rings (SSSR count). The molecule has 0 heterocycles. The quantitative estimate of drug-likeness (QED) is 0.730. The monoisotopic (exact) mass is 287 g/mol. The summed E-state index contributed by atoms with van der Waals surface area (Å²) in [5.41, 5.74) is -0.431. The summed E-state index contributed by atoms with van der Waals surface area (Å²) in [5, 5.41) is 4.60. The molecule has 3 nitrogen and oxygen atoms in total. The fourth-order valence-electron chi connectivity index (χ4n) is 2.60. The number of ether oxygens (including phenoxy) is 1. The lowest BCUT2D eigenvalue weighted by Gasteiger charge is -2.28. The van der Waals surface area contributed by atoms with Crippen molar-refractivity contribution in [2.75, 3.05) is 13.2 Å². The molecule has 0 bridgehead atoms. The molecule has 3 unspecified atom stereocenters. The first kappa shape index (κ1) is 16.8. The summed E-state index contributed by atoms with van der Waals surface area (Å²) in [5.74, 6) is 0.624. The van der Waals surface area contributed by atoms with Gasteiger partial charge in [0.05, 0.1) is 6.61 Å². The fourth-order valence-corrected chi connectivity index (χ4v) is 4.16. The molecule has 4 heteroatoms. The van der Waals surface area contributed by atoms with Crippen LogP contribution >= 0.6 is 11.8 Å². The zero-order valence-electron chi connectivity index (χ0n) is 13.0. The number of thioether (sulfide) groups is 1. The second-order valence-corrected chi connectivity index (χ2v) is 7.47. The summed E-state index contributed by atoms with van der Waals surface area (Å²) >= 11 is 2.03. The van der Waals surface area contributed by atoms with Gasteiger partial charge >= 0.3 is 5.97 Å². The molecule has 0 aromatic heterocycles.